The Bertz CT molecular complexity index is 604. The summed E-state index contributed by atoms with van der Waals surface area (Å²) in [5, 5.41) is 0. The maximum atomic E-state index is 5.95. The van der Waals surface area contributed by atoms with Crippen LogP contribution in [0.2, 0.25) is 0 Å². The first-order valence-electron chi connectivity index (χ1n) is 7.35. The topological polar surface area (TPSA) is 27.1 Å². The molecule has 1 atom stereocenters. The van der Waals surface area contributed by atoms with Gasteiger partial charge in [-0.2, -0.15) is 0 Å². The molecule has 1 aromatic carbocycles. The number of benzene rings is 1. The van der Waals surface area contributed by atoms with Gasteiger partial charge in [0.05, 0.1) is 18.1 Å². The summed E-state index contributed by atoms with van der Waals surface area (Å²) in [6.45, 7) is 2.31. The SMILES string of the molecule is COc1ccc2nc(CCCl)n(C(C)C3CCC3)c2c1. The van der Waals surface area contributed by atoms with E-state index in [-0.39, 0.29) is 0 Å². The van der Waals surface area contributed by atoms with E-state index in [1.807, 2.05) is 12.1 Å². The van der Waals surface area contributed by atoms with Gasteiger partial charge in [-0.3, -0.25) is 0 Å². The van der Waals surface area contributed by atoms with Gasteiger partial charge in [-0.25, -0.2) is 4.98 Å². The van der Waals surface area contributed by atoms with E-state index in [4.69, 9.17) is 21.3 Å². The normalized spacial score (nSPS) is 17.1. The number of nitrogens with zero attached hydrogens (tertiary/aromatic N) is 2. The molecule has 2 aromatic rings. The number of ether oxygens (including phenoxy) is 1. The summed E-state index contributed by atoms with van der Waals surface area (Å²) in [6, 6.07) is 6.59. The summed E-state index contributed by atoms with van der Waals surface area (Å²) in [5.41, 5.74) is 2.21. The summed E-state index contributed by atoms with van der Waals surface area (Å²) in [7, 11) is 1.71. The van der Waals surface area contributed by atoms with Crippen molar-refractivity contribution in [1.29, 1.82) is 0 Å². The predicted molar refractivity (Wildman–Crippen MR) is 82.8 cm³/mol. The lowest BCUT2D eigenvalue weighted by atomic mass is 9.80. The van der Waals surface area contributed by atoms with Crippen LogP contribution in [-0.2, 0) is 6.42 Å². The summed E-state index contributed by atoms with van der Waals surface area (Å²) in [4.78, 5) is 4.76. The number of alkyl halides is 1. The Morgan fingerprint density at radius 3 is 2.85 bits per heavy atom. The minimum atomic E-state index is 0.485. The van der Waals surface area contributed by atoms with Crippen LogP contribution in [0.15, 0.2) is 18.2 Å². The molecule has 0 N–H and O–H groups in total. The lowest BCUT2D eigenvalue weighted by molar-refractivity contribution is 0.223. The summed E-state index contributed by atoms with van der Waals surface area (Å²) >= 11 is 5.95. The van der Waals surface area contributed by atoms with Crippen LogP contribution in [0.3, 0.4) is 0 Å². The first-order valence-corrected chi connectivity index (χ1v) is 7.89. The third-order valence-corrected chi connectivity index (χ3v) is 4.72. The maximum absolute atomic E-state index is 5.95. The lowest BCUT2D eigenvalue weighted by Gasteiger charge is -2.33. The van der Waals surface area contributed by atoms with Crippen molar-refractivity contribution in [3.8, 4) is 5.75 Å². The predicted octanol–water partition coefficient (Wildman–Crippen LogP) is 4.19. The molecule has 0 aliphatic heterocycles. The number of hydrogen-bond donors (Lipinski definition) is 0. The highest BCUT2D eigenvalue weighted by Gasteiger charge is 2.27. The number of imidazole rings is 1. The van der Waals surface area contributed by atoms with Gasteiger partial charge in [0.25, 0.3) is 0 Å². The number of halogens is 1. The number of methoxy groups -OCH3 is 1. The zero-order valence-electron chi connectivity index (χ0n) is 12.1. The summed E-state index contributed by atoms with van der Waals surface area (Å²) in [5.74, 6) is 3.37. The second kappa shape index (κ2) is 5.65. The first kappa shape index (κ1) is 13.7. The van der Waals surface area contributed by atoms with E-state index in [0.717, 1.165) is 29.4 Å². The van der Waals surface area contributed by atoms with E-state index in [0.29, 0.717) is 11.9 Å². The Morgan fingerprint density at radius 2 is 2.25 bits per heavy atom. The molecule has 1 saturated carbocycles. The molecule has 0 bridgehead atoms. The Hall–Kier alpha value is -1.22. The maximum Gasteiger partial charge on any atom is 0.121 e. The Balaban J connectivity index is 2.10. The van der Waals surface area contributed by atoms with Crippen LogP contribution < -0.4 is 4.74 Å². The van der Waals surface area contributed by atoms with Gasteiger partial charge < -0.3 is 9.30 Å². The van der Waals surface area contributed by atoms with Crippen molar-refractivity contribution in [1.82, 2.24) is 9.55 Å². The van der Waals surface area contributed by atoms with E-state index >= 15 is 0 Å². The van der Waals surface area contributed by atoms with Gasteiger partial charge in [0, 0.05) is 24.4 Å². The second-order valence-electron chi connectivity index (χ2n) is 5.62. The van der Waals surface area contributed by atoms with Crippen LogP contribution in [0.5, 0.6) is 5.75 Å². The standard InChI is InChI=1S/C16H21ClN2O/c1-11(12-4-3-5-12)19-15-10-13(20-2)6-7-14(15)18-16(19)8-9-17/h6-7,10-12H,3-5,8-9H2,1-2H3. The van der Waals surface area contributed by atoms with Crippen molar-refractivity contribution in [3.63, 3.8) is 0 Å². The molecule has 3 rings (SSSR count). The monoisotopic (exact) mass is 292 g/mol. The van der Waals surface area contributed by atoms with E-state index in [1.54, 1.807) is 7.11 Å². The molecule has 1 heterocycles. The average Bonchev–Trinajstić information content (AvgIpc) is 2.73. The second-order valence-corrected chi connectivity index (χ2v) is 6.00. The lowest BCUT2D eigenvalue weighted by Crippen LogP contribution is -2.24. The van der Waals surface area contributed by atoms with Gasteiger partial charge in [-0.1, -0.05) is 6.42 Å². The van der Waals surface area contributed by atoms with Gasteiger partial charge in [-0.05, 0) is 37.8 Å². The average molecular weight is 293 g/mol. The number of aryl methyl sites for hydroxylation is 1. The van der Waals surface area contributed by atoms with Crippen molar-refractivity contribution in [3.05, 3.63) is 24.0 Å². The molecule has 1 unspecified atom stereocenters. The molecule has 1 aliphatic rings. The van der Waals surface area contributed by atoms with Crippen LogP contribution in [0.1, 0.15) is 38.1 Å². The molecule has 0 spiro atoms. The molecule has 1 aromatic heterocycles. The molecule has 0 amide bonds. The minimum absolute atomic E-state index is 0.485. The zero-order chi connectivity index (χ0) is 14.1. The van der Waals surface area contributed by atoms with Crippen LogP contribution in [-0.4, -0.2) is 22.5 Å². The van der Waals surface area contributed by atoms with Crippen LogP contribution >= 0.6 is 11.6 Å². The highest BCUT2D eigenvalue weighted by Crippen LogP contribution is 2.38. The molecule has 3 nitrogen and oxygen atoms in total. The summed E-state index contributed by atoms with van der Waals surface area (Å²) < 4.78 is 7.74. The minimum Gasteiger partial charge on any atom is -0.497 e. The summed E-state index contributed by atoms with van der Waals surface area (Å²) in [6.07, 6.45) is 4.82. The fourth-order valence-corrected chi connectivity index (χ4v) is 3.27. The van der Waals surface area contributed by atoms with Crippen molar-refractivity contribution in [2.75, 3.05) is 13.0 Å². The van der Waals surface area contributed by atoms with E-state index in [2.05, 4.69) is 17.6 Å². The number of rotatable bonds is 5. The fourth-order valence-electron chi connectivity index (χ4n) is 3.10. The van der Waals surface area contributed by atoms with Crippen molar-refractivity contribution < 1.29 is 4.74 Å². The Kier molecular flexibility index (Phi) is 3.88. The molecule has 4 heteroatoms. The zero-order valence-corrected chi connectivity index (χ0v) is 12.9. The van der Waals surface area contributed by atoms with Crippen LogP contribution in [0.25, 0.3) is 11.0 Å². The van der Waals surface area contributed by atoms with E-state index in [1.165, 1.54) is 24.8 Å². The van der Waals surface area contributed by atoms with Gasteiger partial charge in [0.2, 0.25) is 0 Å². The molecule has 1 aliphatic carbocycles. The quantitative estimate of drug-likeness (QED) is 0.773. The molecule has 20 heavy (non-hydrogen) atoms. The van der Waals surface area contributed by atoms with Crippen LogP contribution in [0.4, 0.5) is 0 Å². The third-order valence-electron chi connectivity index (χ3n) is 4.53. The van der Waals surface area contributed by atoms with E-state index in [9.17, 15) is 0 Å². The first-order chi connectivity index (χ1) is 9.74. The van der Waals surface area contributed by atoms with Gasteiger partial charge >= 0.3 is 0 Å². The highest BCUT2D eigenvalue weighted by atomic mass is 35.5. The molecule has 1 fully saturated rings. The molecule has 0 saturated heterocycles. The van der Waals surface area contributed by atoms with E-state index < -0.39 is 0 Å². The fraction of sp³-hybridized carbons (Fsp3) is 0.562. The number of hydrogen-bond acceptors (Lipinski definition) is 2. The van der Waals surface area contributed by atoms with Gasteiger partial charge in [-0.15, -0.1) is 11.6 Å². The van der Waals surface area contributed by atoms with Crippen molar-refractivity contribution >= 4 is 22.6 Å². The number of aromatic nitrogens is 2. The van der Waals surface area contributed by atoms with Crippen molar-refractivity contribution in [2.45, 2.75) is 38.6 Å². The Morgan fingerprint density at radius 1 is 1.45 bits per heavy atom. The Labute approximate surface area is 124 Å². The molecule has 0 radical (unpaired) electrons. The molecular weight excluding hydrogens is 272 g/mol. The molecule has 108 valence electrons. The highest BCUT2D eigenvalue weighted by molar-refractivity contribution is 6.17. The van der Waals surface area contributed by atoms with Gasteiger partial charge in [0.15, 0.2) is 0 Å². The molecular formula is C16H21ClN2O. The van der Waals surface area contributed by atoms with Crippen molar-refractivity contribution in [2.24, 2.45) is 5.92 Å². The largest absolute Gasteiger partial charge is 0.497 e. The third kappa shape index (κ3) is 2.28. The smallest absolute Gasteiger partial charge is 0.121 e. The van der Waals surface area contributed by atoms with Gasteiger partial charge in [0.1, 0.15) is 11.6 Å². The number of fused-ring (bicyclic) bond motifs is 1. The van der Waals surface area contributed by atoms with Crippen LogP contribution in [0, 0.1) is 5.92 Å².